The van der Waals surface area contributed by atoms with Crippen LogP contribution in [0.2, 0.25) is 0 Å². The molecular formula is C28H46O. The van der Waals surface area contributed by atoms with E-state index in [0.29, 0.717) is 22.2 Å². The Kier molecular flexibility index (Phi) is 5.63. The molecule has 0 radical (unpaired) electrons. The normalized spacial score (nSPS) is 46.0. The molecule has 0 aliphatic heterocycles. The van der Waals surface area contributed by atoms with Crippen molar-refractivity contribution in [2.75, 3.05) is 0 Å². The molecule has 1 N–H and O–H groups in total. The van der Waals surface area contributed by atoms with E-state index in [4.69, 9.17) is 0 Å². The van der Waals surface area contributed by atoms with Crippen LogP contribution >= 0.6 is 0 Å². The maximum Gasteiger partial charge on any atom is 0.0577 e. The van der Waals surface area contributed by atoms with Gasteiger partial charge in [0.1, 0.15) is 0 Å². The molecule has 29 heavy (non-hydrogen) atoms. The molecule has 1 nitrogen and oxygen atoms in total. The number of rotatable bonds is 3. The topological polar surface area (TPSA) is 20.2 Å². The maximum absolute atomic E-state index is 10.2. The van der Waals surface area contributed by atoms with Gasteiger partial charge in [-0.1, -0.05) is 65.3 Å². The van der Waals surface area contributed by atoms with Gasteiger partial charge in [-0.05, 0) is 104 Å². The Labute approximate surface area is 180 Å². The van der Waals surface area contributed by atoms with Crippen LogP contribution in [-0.2, 0) is 0 Å². The van der Waals surface area contributed by atoms with E-state index in [9.17, 15) is 5.11 Å². The van der Waals surface area contributed by atoms with Gasteiger partial charge < -0.3 is 5.11 Å². The number of hydrogen-bond donors (Lipinski definition) is 1. The predicted molar refractivity (Wildman–Crippen MR) is 124 cm³/mol. The average molecular weight is 399 g/mol. The van der Waals surface area contributed by atoms with Crippen LogP contribution in [0.3, 0.4) is 0 Å². The van der Waals surface area contributed by atoms with Crippen LogP contribution in [0, 0.1) is 45.8 Å². The monoisotopic (exact) mass is 398 g/mol. The molecule has 1 heteroatoms. The van der Waals surface area contributed by atoms with Crippen LogP contribution in [0.15, 0.2) is 23.8 Å². The number of hydrogen-bond acceptors (Lipinski definition) is 1. The number of aliphatic hydroxyl groups is 1. The van der Waals surface area contributed by atoms with Gasteiger partial charge in [-0.15, -0.1) is 0 Å². The molecule has 164 valence electrons. The summed E-state index contributed by atoms with van der Waals surface area (Å²) < 4.78 is 0. The first-order chi connectivity index (χ1) is 13.5. The number of fused-ring (bicyclic) bond motifs is 5. The molecule has 0 aromatic heterocycles. The molecule has 0 spiro atoms. The van der Waals surface area contributed by atoms with Crippen LogP contribution in [0.5, 0.6) is 0 Å². The third-order valence-corrected chi connectivity index (χ3v) is 9.96. The van der Waals surface area contributed by atoms with Crippen molar-refractivity contribution in [3.63, 3.8) is 0 Å². The van der Waals surface area contributed by atoms with E-state index >= 15 is 0 Å². The molecule has 3 saturated carbocycles. The molecule has 0 unspecified atom stereocenters. The zero-order valence-corrected chi connectivity index (χ0v) is 20.0. The zero-order valence-electron chi connectivity index (χ0n) is 20.0. The van der Waals surface area contributed by atoms with Crippen LogP contribution < -0.4 is 0 Å². The van der Waals surface area contributed by atoms with Gasteiger partial charge >= 0.3 is 0 Å². The van der Waals surface area contributed by atoms with Gasteiger partial charge in [0.25, 0.3) is 0 Å². The molecule has 3 fully saturated rings. The minimum absolute atomic E-state index is 0.0867. The summed E-state index contributed by atoms with van der Waals surface area (Å²) in [6, 6.07) is 0. The molecule has 0 amide bonds. The second kappa shape index (κ2) is 7.54. The van der Waals surface area contributed by atoms with Crippen LogP contribution in [-0.4, -0.2) is 11.2 Å². The fourth-order valence-electron chi connectivity index (χ4n) is 8.32. The van der Waals surface area contributed by atoms with Gasteiger partial charge in [0.05, 0.1) is 6.10 Å². The van der Waals surface area contributed by atoms with E-state index < -0.39 is 0 Å². The van der Waals surface area contributed by atoms with Crippen molar-refractivity contribution in [2.24, 2.45) is 45.8 Å². The second-order valence-corrected chi connectivity index (χ2v) is 12.9. The summed E-state index contributed by atoms with van der Waals surface area (Å²) >= 11 is 0. The molecule has 0 bridgehead atoms. The van der Waals surface area contributed by atoms with Crippen molar-refractivity contribution in [3.05, 3.63) is 23.8 Å². The molecule has 4 aliphatic rings. The molecular weight excluding hydrogens is 352 g/mol. The summed E-state index contributed by atoms with van der Waals surface area (Å²) in [6.07, 6.45) is 18.9. The Bertz CT molecular complexity index is 666. The van der Waals surface area contributed by atoms with E-state index in [2.05, 4.69) is 59.8 Å². The van der Waals surface area contributed by atoms with Gasteiger partial charge in [-0.25, -0.2) is 0 Å². The van der Waals surface area contributed by atoms with Gasteiger partial charge in [-0.3, -0.25) is 0 Å². The summed E-state index contributed by atoms with van der Waals surface area (Å²) in [7, 11) is 0. The van der Waals surface area contributed by atoms with Crippen molar-refractivity contribution < 1.29 is 5.11 Å². The second-order valence-electron chi connectivity index (χ2n) is 12.9. The first-order valence-electron chi connectivity index (χ1n) is 12.6. The number of allylic oxidation sites excluding steroid dienone is 3. The first-order valence-corrected chi connectivity index (χ1v) is 12.6. The zero-order chi connectivity index (χ0) is 21.0. The summed E-state index contributed by atoms with van der Waals surface area (Å²) in [5.74, 6) is 4.22. The fourth-order valence-corrected chi connectivity index (χ4v) is 8.32. The SMILES string of the molecule is C[C@H](/C=C/CC(C)(C)C)[C@H]1CC[C@H]2[C@@H]3CC=C4C[C@@H](O)CC[C@]4(C)[C@H]3CC[C@]12C. The highest BCUT2D eigenvalue weighted by atomic mass is 16.3. The third kappa shape index (κ3) is 3.79. The van der Waals surface area contributed by atoms with Gasteiger partial charge in [0.15, 0.2) is 0 Å². The Morgan fingerprint density at radius 3 is 2.59 bits per heavy atom. The third-order valence-electron chi connectivity index (χ3n) is 9.96. The van der Waals surface area contributed by atoms with Crippen LogP contribution in [0.4, 0.5) is 0 Å². The molecule has 8 atom stereocenters. The van der Waals surface area contributed by atoms with E-state index in [0.717, 1.165) is 36.5 Å². The lowest BCUT2D eigenvalue weighted by Crippen LogP contribution is -2.50. The lowest BCUT2D eigenvalue weighted by Gasteiger charge is -2.58. The summed E-state index contributed by atoms with van der Waals surface area (Å²) in [5.41, 5.74) is 2.91. The molecule has 0 aromatic carbocycles. The van der Waals surface area contributed by atoms with Gasteiger partial charge in [-0.2, -0.15) is 0 Å². The first kappa shape index (κ1) is 21.7. The largest absolute Gasteiger partial charge is 0.393 e. The van der Waals surface area contributed by atoms with E-state index in [1.807, 2.05) is 0 Å². The fraction of sp³-hybridized carbons (Fsp3) is 0.857. The lowest BCUT2D eigenvalue weighted by molar-refractivity contribution is -0.0540. The van der Waals surface area contributed by atoms with Crippen molar-refractivity contribution in [2.45, 2.75) is 105 Å². The molecule has 0 aromatic rings. The Morgan fingerprint density at radius 2 is 1.86 bits per heavy atom. The highest BCUT2D eigenvalue weighted by molar-refractivity contribution is 5.25. The number of aliphatic hydroxyl groups excluding tert-OH is 1. The molecule has 0 heterocycles. The predicted octanol–water partition coefficient (Wildman–Crippen LogP) is 7.55. The van der Waals surface area contributed by atoms with Gasteiger partial charge in [0.2, 0.25) is 0 Å². The maximum atomic E-state index is 10.2. The Morgan fingerprint density at radius 1 is 1.10 bits per heavy atom. The quantitative estimate of drug-likeness (QED) is 0.486. The van der Waals surface area contributed by atoms with Crippen molar-refractivity contribution in [3.8, 4) is 0 Å². The van der Waals surface area contributed by atoms with Crippen molar-refractivity contribution in [1.29, 1.82) is 0 Å². The van der Waals surface area contributed by atoms with Crippen molar-refractivity contribution in [1.82, 2.24) is 0 Å². The van der Waals surface area contributed by atoms with E-state index in [1.165, 1.54) is 44.9 Å². The highest BCUT2D eigenvalue weighted by Crippen LogP contribution is 2.67. The van der Waals surface area contributed by atoms with Crippen LogP contribution in [0.1, 0.15) is 99.3 Å². The molecule has 0 saturated heterocycles. The smallest absolute Gasteiger partial charge is 0.0577 e. The molecule has 4 aliphatic carbocycles. The molecule has 4 rings (SSSR count). The Hall–Kier alpha value is -0.560. The van der Waals surface area contributed by atoms with Crippen molar-refractivity contribution >= 4 is 0 Å². The standard InChI is InChI=1S/C28H46O/c1-19(8-7-15-26(2,3)4)23-11-12-24-22-10-9-20-18-21(29)13-16-27(20,5)25(22)14-17-28(23,24)6/h7-9,19,21-25,29H,10-18H2,1-6H3/b8-7+/t19-,21+,22+,23-,24+,25+,27+,28-/m1/s1. The highest BCUT2D eigenvalue weighted by Gasteiger charge is 2.58. The van der Waals surface area contributed by atoms with E-state index in [1.54, 1.807) is 5.57 Å². The van der Waals surface area contributed by atoms with Crippen LogP contribution in [0.25, 0.3) is 0 Å². The summed E-state index contributed by atoms with van der Waals surface area (Å²) in [5, 5.41) is 10.2. The minimum atomic E-state index is -0.0867. The summed E-state index contributed by atoms with van der Waals surface area (Å²) in [4.78, 5) is 0. The average Bonchev–Trinajstić information content (AvgIpc) is 2.98. The minimum Gasteiger partial charge on any atom is -0.393 e. The Balaban J connectivity index is 1.51. The van der Waals surface area contributed by atoms with E-state index in [-0.39, 0.29) is 6.10 Å². The van der Waals surface area contributed by atoms with Gasteiger partial charge in [0, 0.05) is 0 Å². The lowest BCUT2D eigenvalue weighted by atomic mass is 9.47. The summed E-state index contributed by atoms with van der Waals surface area (Å²) in [6.45, 7) is 14.7.